The van der Waals surface area contributed by atoms with Crippen LogP contribution in [0, 0.1) is 6.92 Å². The van der Waals surface area contributed by atoms with Gasteiger partial charge in [-0.2, -0.15) is 0 Å². The molecular formula is C21H27ClN2O2. The number of hydrogen-bond acceptors (Lipinski definition) is 3. The number of methoxy groups -OCH3 is 1. The summed E-state index contributed by atoms with van der Waals surface area (Å²) in [5.41, 5.74) is 4.11. The first kappa shape index (κ1) is 20.3. The van der Waals surface area contributed by atoms with Crippen LogP contribution in [0.2, 0.25) is 0 Å². The molecule has 0 radical (unpaired) electrons. The summed E-state index contributed by atoms with van der Waals surface area (Å²) < 4.78 is 5.25. The summed E-state index contributed by atoms with van der Waals surface area (Å²) in [5.74, 6) is 0.852. The fourth-order valence-corrected chi connectivity index (χ4v) is 3.35. The second-order valence-electron chi connectivity index (χ2n) is 6.60. The van der Waals surface area contributed by atoms with Crippen molar-refractivity contribution in [3.05, 3.63) is 53.6 Å². The molecule has 1 aliphatic rings. The molecule has 4 nitrogen and oxygen atoms in total. The highest BCUT2D eigenvalue weighted by atomic mass is 35.5. The molecule has 2 aromatic carbocycles. The van der Waals surface area contributed by atoms with Gasteiger partial charge in [-0.15, -0.1) is 12.4 Å². The zero-order valence-electron chi connectivity index (χ0n) is 15.4. The maximum atomic E-state index is 12.3. The highest BCUT2D eigenvalue weighted by Gasteiger charge is 2.14. The van der Waals surface area contributed by atoms with Crippen molar-refractivity contribution in [1.82, 2.24) is 10.6 Å². The molecule has 2 aromatic rings. The zero-order chi connectivity index (χ0) is 17.6. The molecule has 0 unspecified atom stereocenters. The van der Waals surface area contributed by atoms with Gasteiger partial charge in [0.1, 0.15) is 5.75 Å². The summed E-state index contributed by atoms with van der Waals surface area (Å²) in [5, 5.41) is 6.46. The SMILES string of the molecule is COc1ccc(-c2ccc(C(=O)NCC[C@H]3CCCN3)cc2)c(C)c1.Cl. The van der Waals surface area contributed by atoms with Crippen LogP contribution in [0.5, 0.6) is 5.75 Å². The van der Waals surface area contributed by atoms with Gasteiger partial charge in [-0.1, -0.05) is 18.2 Å². The molecule has 140 valence electrons. The molecule has 5 heteroatoms. The van der Waals surface area contributed by atoms with Gasteiger partial charge < -0.3 is 15.4 Å². The van der Waals surface area contributed by atoms with E-state index in [9.17, 15) is 4.79 Å². The second kappa shape index (κ2) is 9.60. The van der Waals surface area contributed by atoms with Gasteiger partial charge in [-0.3, -0.25) is 4.79 Å². The van der Waals surface area contributed by atoms with E-state index >= 15 is 0 Å². The number of amides is 1. The standard InChI is InChI=1S/C21H26N2O2.ClH/c1-15-14-19(25-2)9-10-20(15)16-5-7-17(8-6-16)21(24)23-13-11-18-4-3-12-22-18;/h5-10,14,18,22H,3-4,11-13H2,1-2H3,(H,23,24);1H/t18-;/m1./s1. The molecule has 0 spiro atoms. The van der Waals surface area contributed by atoms with Gasteiger partial charge in [0.25, 0.3) is 5.91 Å². The van der Waals surface area contributed by atoms with Gasteiger partial charge in [0.15, 0.2) is 0 Å². The van der Waals surface area contributed by atoms with Crippen LogP contribution in [-0.2, 0) is 0 Å². The van der Waals surface area contributed by atoms with E-state index in [1.54, 1.807) is 7.11 Å². The first-order valence-electron chi connectivity index (χ1n) is 8.94. The van der Waals surface area contributed by atoms with Crippen molar-refractivity contribution in [1.29, 1.82) is 0 Å². The lowest BCUT2D eigenvalue weighted by atomic mass is 9.99. The number of aryl methyl sites for hydroxylation is 1. The van der Waals surface area contributed by atoms with Crippen LogP contribution in [0.3, 0.4) is 0 Å². The lowest BCUT2D eigenvalue weighted by Gasteiger charge is -2.11. The number of carbonyl (C=O) groups excluding carboxylic acids is 1. The fourth-order valence-electron chi connectivity index (χ4n) is 3.35. The Morgan fingerprint density at radius 3 is 2.62 bits per heavy atom. The summed E-state index contributed by atoms with van der Waals surface area (Å²) in [6, 6.07) is 14.4. The zero-order valence-corrected chi connectivity index (χ0v) is 16.2. The predicted molar refractivity (Wildman–Crippen MR) is 108 cm³/mol. The van der Waals surface area contributed by atoms with E-state index in [2.05, 4.69) is 23.6 Å². The average molecular weight is 375 g/mol. The molecule has 0 aliphatic carbocycles. The third-order valence-electron chi connectivity index (χ3n) is 4.83. The molecule has 0 bridgehead atoms. The Morgan fingerprint density at radius 1 is 1.23 bits per heavy atom. The maximum Gasteiger partial charge on any atom is 0.251 e. The molecule has 1 aliphatic heterocycles. The highest BCUT2D eigenvalue weighted by Crippen LogP contribution is 2.27. The van der Waals surface area contributed by atoms with Gasteiger partial charge in [0.2, 0.25) is 0 Å². The van der Waals surface area contributed by atoms with E-state index in [0.29, 0.717) is 11.6 Å². The molecular weight excluding hydrogens is 348 g/mol. The summed E-state index contributed by atoms with van der Waals surface area (Å²) in [4.78, 5) is 12.3. The Balaban J connectivity index is 0.00000243. The third kappa shape index (κ3) is 4.99. The normalized spacial score (nSPS) is 16.0. The molecule has 1 saturated heterocycles. The summed E-state index contributed by atoms with van der Waals surface area (Å²) in [6.45, 7) is 3.89. The number of hydrogen-bond donors (Lipinski definition) is 2. The lowest BCUT2D eigenvalue weighted by molar-refractivity contribution is 0.0952. The molecule has 3 rings (SSSR count). The van der Waals surface area contributed by atoms with Crippen molar-refractivity contribution in [2.24, 2.45) is 0 Å². The van der Waals surface area contributed by atoms with E-state index in [-0.39, 0.29) is 18.3 Å². The van der Waals surface area contributed by atoms with Crippen molar-refractivity contribution in [2.45, 2.75) is 32.2 Å². The maximum absolute atomic E-state index is 12.3. The molecule has 1 fully saturated rings. The minimum absolute atomic E-state index is 0. The molecule has 1 amide bonds. The van der Waals surface area contributed by atoms with Crippen molar-refractivity contribution < 1.29 is 9.53 Å². The highest BCUT2D eigenvalue weighted by molar-refractivity contribution is 5.94. The molecule has 2 N–H and O–H groups in total. The topological polar surface area (TPSA) is 50.4 Å². The van der Waals surface area contributed by atoms with E-state index in [0.717, 1.165) is 42.0 Å². The smallest absolute Gasteiger partial charge is 0.251 e. The minimum atomic E-state index is -0.00370. The molecule has 1 heterocycles. The minimum Gasteiger partial charge on any atom is -0.497 e. The van der Waals surface area contributed by atoms with Crippen LogP contribution in [-0.4, -0.2) is 32.1 Å². The Hall–Kier alpha value is -2.04. The van der Waals surface area contributed by atoms with Crippen LogP contribution in [0.25, 0.3) is 11.1 Å². The molecule has 26 heavy (non-hydrogen) atoms. The van der Waals surface area contributed by atoms with Crippen LogP contribution in [0.1, 0.15) is 35.2 Å². The molecule has 0 saturated carbocycles. The monoisotopic (exact) mass is 374 g/mol. The Kier molecular flexibility index (Phi) is 7.49. The van der Waals surface area contributed by atoms with Gasteiger partial charge in [0.05, 0.1) is 7.11 Å². The van der Waals surface area contributed by atoms with E-state index < -0.39 is 0 Å². The van der Waals surface area contributed by atoms with Crippen molar-refractivity contribution in [3.8, 4) is 16.9 Å². The fraction of sp³-hybridized carbons (Fsp3) is 0.381. The van der Waals surface area contributed by atoms with Crippen LogP contribution in [0.15, 0.2) is 42.5 Å². The number of rotatable bonds is 6. The Morgan fingerprint density at radius 2 is 2.00 bits per heavy atom. The van der Waals surface area contributed by atoms with Gasteiger partial charge in [-0.25, -0.2) is 0 Å². The average Bonchev–Trinajstić information content (AvgIpc) is 3.15. The summed E-state index contributed by atoms with van der Waals surface area (Å²) in [6.07, 6.45) is 3.45. The number of halogens is 1. The van der Waals surface area contributed by atoms with Gasteiger partial charge in [-0.05, 0) is 73.7 Å². The number of carbonyl (C=O) groups is 1. The second-order valence-corrected chi connectivity index (χ2v) is 6.60. The van der Waals surface area contributed by atoms with Crippen LogP contribution in [0.4, 0.5) is 0 Å². The summed E-state index contributed by atoms with van der Waals surface area (Å²) in [7, 11) is 1.67. The number of ether oxygens (including phenoxy) is 1. The lowest BCUT2D eigenvalue weighted by Crippen LogP contribution is -2.30. The number of nitrogens with one attached hydrogen (secondary N) is 2. The quantitative estimate of drug-likeness (QED) is 0.804. The number of benzene rings is 2. The van der Waals surface area contributed by atoms with Crippen LogP contribution < -0.4 is 15.4 Å². The van der Waals surface area contributed by atoms with E-state index in [1.807, 2.05) is 36.4 Å². The molecule has 1 atom stereocenters. The van der Waals surface area contributed by atoms with Gasteiger partial charge >= 0.3 is 0 Å². The third-order valence-corrected chi connectivity index (χ3v) is 4.83. The van der Waals surface area contributed by atoms with E-state index in [1.165, 1.54) is 12.8 Å². The predicted octanol–water partition coefficient (Wildman–Crippen LogP) is 3.96. The first-order chi connectivity index (χ1) is 12.2. The molecule has 0 aromatic heterocycles. The van der Waals surface area contributed by atoms with Crippen molar-refractivity contribution >= 4 is 18.3 Å². The van der Waals surface area contributed by atoms with Crippen molar-refractivity contribution in [3.63, 3.8) is 0 Å². The summed E-state index contributed by atoms with van der Waals surface area (Å²) >= 11 is 0. The van der Waals surface area contributed by atoms with Crippen molar-refractivity contribution in [2.75, 3.05) is 20.2 Å². The largest absolute Gasteiger partial charge is 0.497 e. The Bertz CT molecular complexity index is 725. The van der Waals surface area contributed by atoms with Crippen LogP contribution >= 0.6 is 12.4 Å². The Labute approximate surface area is 161 Å². The first-order valence-corrected chi connectivity index (χ1v) is 8.94. The van der Waals surface area contributed by atoms with Gasteiger partial charge in [0, 0.05) is 18.2 Å². The van der Waals surface area contributed by atoms with E-state index in [4.69, 9.17) is 4.74 Å².